The summed E-state index contributed by atoms with van der Waals surface area (Å²) >= 11 is 3.72. The van der Waals surface area contributed by atoms with E-state index in [9.17, 15) is 4.79 Å². The van der Waals surface area contributed by atoms with Crippen molar-refractivity contribution in [2.45, 2.75) is 38.1 Å². The van der Waals surface area contributed by atoms with E-state index in [1.165, 1.54) is 43.0 Å². The molecule has 1 aromatic heterocycles. The van der Waals surface area contributed by atoms with Gasteiger partial charge in [0, 0.05) is 23.7 Å². The van der Waals surface area contributed by atoms with E-state index in [0.29, 0.717) is 18.4 Å². The third kappa shape index (κ3) is 4.49. The molecular weight excluding hydrogens is 312 g/mol. The zero-order valence-corrected chi connectivity index (χ0v) is 14.8. The minimum Gasteiger partial charge on any atom is -0.337 e. The van der Waals surface area contributed by atoms with Crippen molar-refractivity contribution < 1.29 is 4.79 Å². The average molecular weight is 339 g/mol. The molecule has 2 fully saturated rings. The number of rotatable bonds is 4. The number of amides is 1. The summed E-state index contributed by atoms with van der Waals surface area (Å²) in [7, 11) is 0. The third-order valence-electron chi connectivity index (χ3n) is 4.58. The van der Waals surface area contributed by atoms with Gasteiger partial charge in [0.2, 0.25) is 5.91 Å². The van der Waals surface area contributed by atoms with Crippen LogP contribution < -0.4 is 0 Å². The van der Waals surface area contributed by atoms with E-state index in [4.69, 9.17) is 0 Å². The lowest BCUT2D eigenvalue weighted by Crippen LogP contribution is -2.49. The zero-order valence-electron chi connectivity index (χ0n) is 13.2. The largest absolute Gasteiger partial charge is 0.337 e. The summed E-state index contributed by atoms with van der Waals surface area (Å²) < 4.78 is 0. The lowest BCUT2D eigenvalue weighted by molar-refractivity contribution is -0.132. The molecule has 1 amide bonds. The molecule has 1 unspecified atom stereocenters. The maximum atomic E-state index is 12.8. The molecule has 122 valence electrons. The number of thioether (sulfide) groups is 1. The maximum Gasteiger partial charge on any atom is 0.228 e. The first-order valence-corrected chi connectivity index (χ1v) is 10.5. The van der Waals surface area contributed by atoms with Crippen LogP contribution in [0.5, 0.6) is 0 Å². The molecule has 1 atom stereocenters. The van der Waals surface area contributed by atoms with Crippen LogP contribution in [-0.4, -0.2) is 59.4 Å². The number of piperidine rings is 1. The van der Waals surface area contributed by atoms with E-state index < -0.39 is 0 Å². The van der Waals surface area contributed by atoms with Crippen LogP contribution in [0, 0.1) is 0 Å². The first-order valence-electron chi connectivity index (χ1n) is 8.45. The Morgan fingerprint density at radius 3 is 2.82 bits per heavy atom. The highest BCUT2D eigenvalue weighted by atomic mass is 32.2. The SMILES string of the molecule is O=C(Cc1cccs1)N1CCCSCC1CN1CCCCC1. The normalized spacial score (nSPS) is 24.2. The lowest BCUT2D eigenvalue weighted by atomic mass is 10.1. The lowest BCUT2D eigenvalue weighted by Gasteiger charge is -2.35. The number of likely N-dealkylation sites (tertiary alicyclic amines) is 1. The second-order valence-electron chi connectivity index (χ2n) is 6.29. The Labute approximate surface area is 142 Å². The summed E-state index contributed by atoms with van der Waals surface area (Å²) in [5.41, 5.74) is 0. The zero-order chi connectivity index (χ0) is 15.2. The van der Waals surface area contributed by atoms with E-state index in [2.05, 4.69) is 21.2 Å². The van der Waals surface area contributed by atoms with Crippen LogP contribution in [0.25, 0.3) is 0 Å². The first kappa shape index (κ1) is 16.3. The van der Waals surface area contributed by atoms with Crippen LogP contribution in [-0.2, 0) is 11.2 Å². The molecule has 0 spiro atoms. The minimum atomic E-state index is 0.326. The van der Waals surface area contributed by atoms with Gasteiger partial charge in [0.15, 0.2) is 0 Å². The predicted octanol–water partition coefficient (Wildman–Crippen LogP) is 3.11. The van der Waals surface area contributed by atoms with Gasteiger partial charge in [-0.3, -0.25) is 4.79 Å². The van der Waals surface area contributed by atoms with Crippen LogP contribution in [0.1, 0.15) is 30.6 Å². The Hall–Kier alpha value is -0.520. The van der Waals surface area contributed by atoms with Crippen molar-refractivity contribution >= 4 is 29.0 Å². The second kappa shape index (κ2) is 8.37. The molecule has 0 N–H and O–H groups in total. The van der Waals surface area contributed by atoms with E-state index in [0.717, 1.165) is 25.3 Å². The van der Waals surface area contributed by atoms with E-state index in [1.807, 2.05) is 17.8 Å². The Balaban J connectivity index is 1.62. The molecule has 2 aliphatic heterocycles. The molecule has 1 aromatic rings. The summed E-state index contributed by atoms with van der Waals surface area (Å²) in [5.74, 6) is 2.62. The van der Waals surface area contributed by atoms with Crippen molar-refractivity contribution in [3.63, 3.8) is 0 Å². The number of hydrogen-bond donors (Lipinski definition) is 0. The van der Waals surface area contributed by atoms with E-state index in [1.54, 1.807) is 11.3 Å². The molecule has 0 saturated carbocycles. The standard InChI is InChI=1S/C17H26N2OS2/c20-17(12-16-6-4-11-22-16)19-9-5-10-21-14-15(19)13-18-7-2-1-3-8-18/h4,6,11,15H,1-3,5,7-10,12-14H2. The van der Waals surface area contributed by atoms with Gasteiger partial charge in [-0.2, -0.15) is 11.8 Å². The molecular formula is C17H26N2OS2. The molecule has 0 bridgehead atoms. The van der Waals surface area contributed by atoms with E-state index >= 15 is 0 Å². The molecule has 3 nitrogen and oxygen atoms in total. The highest BCUT2D eigenvalue weighted by Gasteiger charge is 2.28. The molecule has 5 heteroatoms. The highest BCUT2D eigenvalue weighted by molar-refractivity contribution is 7.99. The van der Waals surface area contributed by atoms with Gasteiger partial charge in [0.1, 0.15) is 0 Å². The fraction of sp³-hybridized carbons (Fsp3) is 0.706. The number of carbonyl (C=O) groups excluding carboxylic acids is 1. The van der Waals surface area contributed by atoms with Crippen molar-refractivity contribution in [3.05, 3.63) is 22.4 Å². The van der Waals surface area contributed by atoms with Crippen molar-refractivity contribution in [2.24, 2.45) is 0 Å². The third-order valence-corrected chi connectivity index (χ3v) is 6.66. The number of carbonyl (C=O) groups is 1. The van der Waals surface area contributed by atoms with Gasteiger partial charge < -0.3 is 9.80 Å². The molecule has 2 saturated heterocycles. The van der Waals surface area contributed by atoms with Gasteiger partial charge in [-0.1, -0.05) is 12.5 Å². The van der Waals surface area contributed by atoms with Crippen LogP contribution >= 0.6 is 23.1 Å². The number of thiophene rings is 1. The fourth-order valence-electron chi connectivity index (χ4n) is 3.41. The van der Waals surface area contributed by atoms with Gasteiger partial charge in [-0.05, 0) is 49.6 Å². The fourth-order valence-corrected chi connectivity index (χ4v) is 5.17. The summed E-state index contributed by atoms with van der Waals surface area (Å²) in [6.07, 6.45) is 5.74. The quantitative estimate of drug-likeness (QED) is 0.843. The van der Waals surface area contributed by atoms with Crippen LogP contribution in [0.3, 0.4) is 0 Å². The van der Waals surface area contributed by atoms with Crippen LogP contribution in [0.15, 0.2) is 17.5 Å². The summed E-state index contributed by atoms with van der Waals surface area (Å²) in [4.78, 5) is 18.7. The second-order valence-corrected chi connectivity index (χ2v) is 8.47. The van der Waals surface area contributed by atoms with Crippen molar-refractivity contribution in [1.29, 1.82) is 0 Å². The molecule has 0 aromatic carbocycles. The summed E-state index contributed by atoms with van der Waals surface area (Å²) in [6.45, 7) is 4.45. The topological polar surface area (TPSA) is 23.6 Å². The Morgan fingerprint density at radius 1 is 1.18 bits per heavy atom. The van der Waals surface area contributed by atoms with Gasteiger partial charge in [0.05, 0.1) is 12.5 Å². The molecule has 0 aliphatic carbocycles. The average Bonchev–Trinajstić information content (AvgIpc) is 2.93. The first-order chi connectivity index (χ1) is 10.8. The Bertz CT molecular complexity index is 457. The van der Waals surface area contributed by atoms with Crippen LogP contribution in [0.4, 0.5) is 0 Å². The Morgan fingerprint density at radius 2 is 2.05 bits per heavy atom. The minimum absolute atomic E-state index is 0.326. The molecule has 3 rings (SSSR count). The molecule has 0 radical (unpaired) electrons. The van der Waals surface area contributed by atoms with Gasteiger partial charge in [0.25, 0.3) is 0 Å². The van der Waals surface area contributed by atoms with Crippen molar-refractivity contribution in [2.75, 3.05) is 37.7 Å². The smallest absolute Gasteiger partial charge is 0.228 e. The highest BCUT2D eigenvalue weighted by Crippen LogP contribution is 2.21. The van der Waals surface area contributed by atoms with Gasteiger partial charge in [-0.15, -0.1) is 11.3 Å². The van der Waals surface area contributed by atoms with Crippen LogP contribution in [0.2, 0.25) is 0 Å². The van der Waals surface area contributed by atoms with Crippen molar-refractivity contribution in [3.8, 4) is 0 Å². The molecule has 2 aliphatic rings. The van der Waals surface area contributed by atoms with Crippen molar-refractivity contribution in [1.82, 2.24) is 9.80 Å². The molecule has 3 heterocycles. The maximum absolute atomic E-state index is 12.8. The summed E-state index contributed by atoms with van der Waals surface area (Å²) in [6, 6.07) is 4.52. The summed E-state index contributed by atoms with van der Waals surface area (Å²) in [5, 5.41) is 2.06. The van der Waals surface area contributed by atoms with Gasteiger partial charge >= 0.3 is 0 Å². The van der Waals surface area contributed by atoms with E-state index in [-0.39, 0.29) is 0 Å². The monoisotopic (exact) mass is 338 g/mol. The predicted molar refractivity (Wildman–Crippen MR) is 95.8 cm³/mol. The number of nitrogens with zero attached hydrogens (tertiary/aromatic N) is 2. The van der Waals surface area contributed by atoms with Gasteiger partial charge in [-0.25, -0.2) is 0 Å². The number of hydrogen-bond acceptors (Lipinski definition) is 4. The Kier molecular flexibility index (Phi) is 6.21. The molecule has 22 heavy (non-hydrogen) atoms.